The minimum Gasteiger partial charge on any atom is -0.386 e. The lowest BCUT2D eigenvalue weighted by atomic mass is 10.3. The average Bonchev–Trinajstić information content (AvgIpc) is 2.90. The SMILES string of the molecule is CCNC(=NCC(O)c1ccc(Cl)s1)NCCN(C)CC.I. The largest absolute Gasteiger partial charge is 0.386 e. The van der Waals surface area contributed by atoms with Gasteiger partial charge in [0.1, 0.15) is 6.10 Å². The van der Waals surface area contributed by atoms with Gasteiger partial charge >= 0.3 is 0 Å². The van der Waals surface area contributed by atoms with Gasteiger partial charge in [-0.2, -0.15) is 0 Å². The van der Waals surface area contributed by atoms with Crippen molar-refractivity contribution in [1.29, 1.82) is 0 Å². The van der Waals surface area contributed by atoms with Crippen molar-refractivity contribution in [2.75, 3.05) is 39.8 Å². The molecule has 1 heterocycles. The van der Waals surface area contributed by atoms with Crippen molar-refractivity contribution in [1.82, 2.24) is 15.5 Å². The molecular weight excluding hydrogens is 435 g/mol. The maximum Gasteiger partial charge on any atom is 0.191 e. The molecule has 0 radical (unpaired) electrons. The molecule has 0 saturated carbocycles. The van der Waals surface area contributed by atoms with Crippen LogP contribution in [0, 0.1) is 0 Å². The van der Waals surface area contributed by atoms with Gasteiger partial charge in [-0.25, -0.2) is 0 Å². The van der Waals surface area contributed by atoms with Crippen molar-refractivity contribution in [2.45, 2.75) is 20.0 Å². The van der Waals surface area contributed by atoms with Crippen LogP contribution < -0.4 is 10.6 Å². The van der Waals surface area contributed by atoms with Crippen LogP contribution in [-0.4, -0.2) is 55.7 Å². The van der Waals surface area contributed by atoms with Crippen LogP contribution in [0.15, 0.2) is 17.1 Å². The van der Waals surface area contributed by atoms with Gasteiger partial charge in [0.05, 0.1) is 10.9 Å². The highest BCUT2D eigenvalue weighted by Crippen LogP contribution is 2.26. The van der Waals surface area contributed by atoms with Gasteiger partial charge < -0.3 is 20.6 Å². The monoisotopic (exact) mass is 460 g/mol. The number of hydrogen-bond acceptors (Lipinski definition) is 4. The highest BCUT2D eigenvalue weighted by Gasteiger charge is 2.10. The van der Waals surface area contributed by atoms with Gasteiger partial charge in [-0.15, -0.1) is 35.3 Å². The number of nitrogens with zero attached hydrogens (tertiary/aromatic N) is 2. The maximum absolute atomic E-state index is 10.1. The van der Waals surface area contributed by atoms with E-state index in [1.807, 2.05) is 13.0 Å². The van der Waals surface area contributed by atoms with E-state index in [0.717, 1.165) is 37.0 Å². The predicted molar refractivity (Wildman–Crippen MR) is 107 cm³/mol. The molecule has 128 valence electrons. The number of halogens is 2. The number of aliphatic imine (C=N–C) groups is 1. The number of likely N-dealkylation sites (N-methyl/N-ethyl adjacent to an activating group) is 1. The van der Waals surface area contributed by atoms with Crippen LogP contribution in [0.3, 0.4) is 0 Å². The van der Waals surface area contributed by atoms with Crippen molar-refractivity contribution in [3.8, 4) is 0 Å². The Morgan fingerprint density at radius 1 is 1.41 bits per heavy atom. The fourth-order valence-corrected chi connectivity index (χ4v) is 2.68. The summed E-state index contributed by atoms with van der Waals surface area (Å²) < 4.78 is 0.681. The first-order chi connectivity index (χ1) is 10.1. The van der Waals surface area contributed by atoms with Gasteiger partial charge in [-0.1, -0.05) is 18.5 Å². The molecule has 0 aliphatic heterocycles. The van der Waals surface area contributed by atoms with Crippen LogP contribution in [0.5, 0.6) is 0 Å². The summed E-state index contributed by atoms with van der Waals surface area (Å²) in [4.78, 5) is 7.47. The number of aliphatic hydroxyl groups is 1. The van der Waals surface area contributed by atoms with E-state index in [1.165, 1.54) is 11.3 Å². The Labute approximate surface area is 159 Å². The number of nitrogens with one attached hydrogen (secondary N) is 2. The normalized spacial score (nSPS) is 12.9. The van der Waals surface area contributed by atoms with Crippen molar-refractivity contribution in [2.24, 2.45) is 4.99 Å². The standard InChI is InChI=1S/C14H25ClN4OS.HI/c1-4-16-14(17-8-9-19(3)5-2)18-10-11(20)12-6-7-13(15)21-12;/h6-7,11,20H,4-5,8-10H2,1-3H3,(H2,16,17,18);1H. The van der Waals surface area contributed by atoms with Crippen LogP contribution >= 0.6 is 46.9 Å². The van der Waals surface area contributed by atoms with E-state index in [9.17, 15) is 5.11 Å². The third-order valence-corrected chi connectivity index (χ3v) is 4.35. The second kappa shape index (κ2) is 12.3. The summed E-state index contributed by atoms with van der Waals surface area (Å²) in [5.74, 6) is 0.726. The molecule has 0 aliphatic rings. The van der Waals surface area contributed by atoms with E-state index < -0.39 is 6.10 Å². The predicted octanol–water partition coefficient (Wildman–Crippen LogP) is 2.56. The van der Waals surface area contributed by atoms with E-state index >= 15 is 0 Å². The minimum absolute atomic E-state index is 0. The van der Waals surface area contributed by atoms with E-state index in [0.29, 0.717) is 10.9 Å². The third kappa shape index (κ3) is 8.52. The molecule has 1 rings (SSSR count). The first kappa shape index (κ1) is 21.9. The van der Waals surface area contributed by atoms with Crippen molar-refractivity contribution >= 4 is 52.9 Å². The van der Waals surface area contributed by atoms with Gasteiger partial charge in [-0.3, -0.25) is 4.99 Å². The van der Waals surface area contributed by atoms with Crippen LogP contribution in [0.4, 0.5) is 0 Å². The molecule has 1 unspecified atom stereocenters. The summed E-state index contributed by atoms with van der Waals surface area (Å²) in [7, 11) is 2.08. The van der Waals surface area contributed by atoms with Gasteiger partial charge in [0.2, 0.25) is 0 Å². The average molecular weight is 461 g/mol. The smallest absolute Gasteiger partial charge is 0.191 e. The second-order valence-corrected chi connectivity index (χ2v) is 6.45. The first-order valence-corrected chi connectivity index (χ1v) is 8.40. The molecule has 0 saturated heterocycles. The summed E-state index contributed by atoms with van der Waals surface area (Å²) in [6, 6.07) is 3.63. The molecule has 1 atom stereocenters. The Balaban J connectivity index is 0.00000441. The molecule has 3 N–H and O–H groups in total. The molecule has 22 heavy (non-hydrogen) atoms. The van der Waals surface area contributed by atoms with Crippen molar-refractivity contribution in [3.05, 3.63) is 21.3 Å². The number of rotatable bonds is 8. The fourth-order valence-electron chi connectivity index (χ4n) is 1.64. The number of thiophene rings is 1. The molecule has 0 spiro atoms. The Morgan fingerprint density at radius 3 is 2.68 bits per heavy atom. The molecule has 0 aliphatic carbocycles. The summed E-state index contributed by atoms with van der Waals surface area (Å²) in [5.41, 5.74) is 0. The Morgan fingerprint density at radius 2 is 2.14 bits per heavy atom. The van der Waals surface area contributed by atoms with E-state index in [1.54, 1.807) is 6.07 Å². The highest BCUT2D eigenvalue weighted by atomic mass is 127. The second-order valence-electron chi connectivity index (χ2n) is 4.70. The Hall–Kier alpha value is -0.0900. The number of aliphatic hydroxyl groups excluding tert-OH is 1. The maximum atomic E-state index is 10.1. The third-order valence-electron chi connectivity index (χ3n) is 3.01. The Kier molecular flexibility index (Phi) is 12.3. The molecule has 0 fully saturated rings. The molecule has 0 aromatic carbocycles. The van der Waals surface area contributed by atoms with Crippen molar-refractivity contribution < 1.29 is 5.11 Å². The number of guanidine groups is 1. The lowest BCUT2D eigenvalue weighted by Crippen LogP contribution is -2.41. The molecule has 8 heteroatoms. The highest BCUT2D eigenvalue weighted by molar-refractivity contribution is 14.0. The fraction of sp³-hybridized carbons (Fsp3) is 0.643. The zero-order valence-electron chi connectivity index (χ0n) is 13.3. The van der Waals surface area contributed by atoms with Crippen molar-refractivity contribution in [3.63, 3.8) is 0 Å². The van der Waals surface area contributed by atoms with E-state index in [4.69, 9.17) is 11.6 Å². The van der Waals surface area contributed by atoms with Crippen LogP contribution in [0.1, 0.15) is 24.8 Å². The molecule has 5 nitrogen and oxygen atoms in total. The first-order valence-electron chi connectivity index (χ1n) is 7.20. The van der Waals surface area contributed by atoms with Gasteiger partial charge in [0.25, 0.3) is 0 Å². The van der Waals surface area contributed by atoms with Crippen LogP contribution in [-0.2, 0) is 0 Å². The molecule has 1 aromatic rings. The zero-order valence-corrected chi connectivity index (χ0v) is 17.2. The van der Waals surface area contributed by atoms with Crippen LogP contribution in [0.2, 0.25) is 4.34 Å². The summed E-state index contributed by atoms with van der Waals surface area (Å²) in [5, 5.41) is 16.5. The van der Waals surface area contributed by atoms with Gasteiger partial charge in [-0.05, 0) is 32.6 Å². The molecule has 0 amide bonds. The summed E-state index contributed by atoms with van der Waals surface area (Å²) in [6.07, 6.45) is -0.615. The summed E-state index contributed by atoms with van der Waals surface area (Å²) >= 11 is 7.26. The van der Waals surface area contributed by atoms with Crippen LogP contribution in [0.25, 0.3) is 0 Å². The van der Waals surface area contributed by atoms with Gasteiger partial charge in [0.15, 0.2) is 5.96 Å². The molecule has 1 aromatic heterocycles. The van der Waals surface area contributed by atoms with Gasteiger partial charge in [0, 0.05) is 24.5 Å². The quantitative estimate of drug-likeness (QED) is 0.317. The van der Waals surface area contributed by atoms with E-state index in [2.05, 4.69) is 34.5 Å². The lowest BCUT2D eigenvalue weighted by Gasteiger charge is -2.16. The number of hydrogen-bond donors (Lipinski definition) is 3. The lowest BCUT2D eigenvalue weighted by molar-refractivity contribution is 0.191. The molecule has 0 bridgehead atoms. The molecular formula is C14H26ClIN4OS. The topological polar surface area (TPSA) is 59.9 Å². The Bertz CT molecular complexity index is 444. The minimum atomic E-state index is -0.615. The summed E-state index contributed by atoms with van der Waals surface area (Å²) in [6.45, 7) is 8.03. The zero-order chi connectivity index (χ0) is 15.7. The van der Waals surface area contributed by atoms with E-state index in [-0.39, 0.29) is 24.0 Å².